The van der Waals surface area contributed by atoms with Crippen molar-refractivity contribution in [3.05, 3.63) is 95.6 Å². The van der Waals surface area contributed by atoms with Crippen molar-refractivity contribution in [1.29, 1.82) is 0 Å². The van der Waals surface area contributed by atoms with Crippen molar-refractivity contribution in [1.82, 2.24) is 15.0 Å². The average Bonchev–Trinajstić information content (AvgIpc) is 2.98. The van der Waals surface area contributed by atoms with E-state index in [2.05, 4.69) is 68.3 Å². The first-order valence-electron chi connectivity index (χ1n) is 14.0. The molecule has 5 rings (SSSR count). The van der Waals surface area contributed by atoms with Gasteiger partial charge in [0.2, 0.25) is 23.8 Å². The largest absolute Gasteiger partial charge is 0.341 e. The van der Waals surface area contributed by atoms with E-state index >= 15 is 0 Å². The summed E-state index contributed by atoms with van der Waals surface area (Å²) in [5.74, 6) is 1.99. The third kappa shape index (κ3) is 7.88. The van der Waals surface area contributed by atoms with E-state index in [1.54, 1.807) is 0 Å². The van der Waals surface area contributed by atoms with Gasteiger partial charge in [-0.25, -0.2) is 5.43 Å². The molecule has 1 aliphatic heterocycles. The number of hydrazone groups is 1. The summed E-state index contributed by atoms with van der Waals surface area (Å²) in [4.78, 5) is 27.6. The summed E-state index contributed by atoms with van der Waals surface area (Å²) in [5.41, 5.74) is 8.93. The molecule has 2 heterocycles. The SMILES string of the molecule is CC(=O)Nc1ccc(C(C)=NNc2nc(Nc3ccc(C)cc3)nc(N3CCC(Cc4ccccc4)CC3)n2)cc1. The van der Waals surface area contributed by atoms with Crippen LogP contribution < -0.4 is 21.0 Å². The first kappa shape index (κ1) is 27.8. The molecule has 0 unspecified atom stereocenters. The molecule has 1 fully saturated rings. The maximum absolute atomic E-state index is 11.3. The molecule has 0 saturated carbocycles. The number of aryl methyl sites for hydroxylation is 1. The molecule has 0 radical (unpaired) electrons. The first-order valence-corrected chi connectivity index (χ1v) is 14.0. The van der Waals surface area contributed by atoms with Crippen LogP contribution in [0.5, 0.6) is 0 Å². The minimum absolute atomic E-state index is 0.106. The van der Waals surface area contributed by atoms with E-state index in [4.69, 9.17) is 9.97 Å². The number of aromatic nitrogens is 3. The van der Waals surface area contributed by atoms with Crippen LogP contribution in [-0.4, -0.2) is 39.7 Å². The van der Waals surface area contributed by atoms with E-state index in [-0.39, 0.29) is 5.91 Å². The zero-order chi connectivity index (χ0) is 28.6. The molecule has 0 bridgehead atoms. The number of rotatable bonds is 9. The van der Waals surface area contributed by atoms with Gasteiger partial charge in [0.25, 0.3) is 0 Å². The van der Waals surface area contributed by atoms with Gasteiger partial charge in [-0.3, -0.25) is 4.79 Å². The molecule has 3 aromatic carbocycles. The van der Waals surface area contributed by atoms with Crippen molar-refractivity contribution in [2.24, 2.45) is 11.0 Å². The number of nitrogens with one attached hydrogen (secondary N) is 3. The van der Waals surface area contributed by atoms with Gasteiger partial charge in [0.05, 0.1) is 5.71 Å². The van der Waals surface area contributed by atoms with Crippen molar-refractivity contribution in [3.63, 3.8) is 0 Å². The number of benzene rings is 3. The van der Waals surface area contributed by atoms with Crippen LogP contribution in [0.3, 0.4) is 0 Å². The number of anilines is 5. The van der Waals surface area contributed by atoms with Crippen molar-refractivity contribution in [2.75, 3.05) is 34.0 Å². The topological polar surface area (TPSA) is 107 Å². The molecule has 1 saturated heterocycles. The Hall–Kier alpha value is -4.79. The lowest BCUT2D eigenvalue weighted by atomic mass is 9.90. The van der Waals surface area contributed by atoms with Gasteiger partial charge < -0.3 is 15.5 Å². The van der Waals surface area contributed by atoms with E-state index < -0.39 is 0 Å². The Bertz CT molecular complexity index is 1480. The molecule has 3 N–H and O–H groups in total. The lowest BCUT2D eigenvalue weighted by Gasteiger charge is -2.32. The van der Waals surface area contributed by atoms with Gasteiger partial charge in [0.15, 0.2) is 0 Å². The monoisotopic (exact) mass is 548 g/mol. The van der Waals surface area contributed by atoms with Crippen molar-refractivity contribution >= 4 is 40.8 Å². The first-order chi connectivity index (χ1) is 19.9. The Morgan fingerprint density at radius 3 is 2.20 bits per heavy atom. The van der Waals surface area contributed by atoms with Crippen LogP contribution in [0.1, 0.15) is 43.4 Å². The molecule has 4 aromatic rings. The average molecular weight is 549 g/mol. The van der Waals surface area contributed by atoms with Crippen LogP contribution in [0.2, 0.25) is 0 Å². The second-order valence-electron chi connectivity index (χ2n) is 10.5. The fraction of sp³-hybridized carbons (Fsp3) is 0.281. The smallest absolute Gasteiger partial charge is 0.250 e. The van der Waals surface area contributed by atoms with Gasteiger partial charge in [-0.1, -0.05) is 60.2 Å². The summed E-state index contributed by atoms with van der Waals surface area (Å²) in [6.07, 6.45) is 3.25. The van der Waals surface area contributed by atoms with Crippen LogP contribution in [0.15, 0.2) is 84.0 Å². The van der Waals surface area contributed by atoms with Gasteiger partial charge in [0.1, 0.15) is 0 Å². The number of hydrogen-bond donors (Lipinski definition) is 3. The van der Waals surface area contributed by atoms with E-state index in [9.17, 15) is 4.79 Å². The molecule has 9 nitrogen and oxygen atoms in total. The number of amides is 1. The molecule has 0 atom stereocenters. The highest BCUT2D eigenvalue weighted by atomic mass is 16.1. The lowest BCUT2D eigenvalue weighted by molar-refractivity contribution is -0.114. The van der Waals surface area contributed by atoms with E-state index in [1.165, 1.54) is 18.1 Å². The van der Waals surface area contributed by atoms with Gasteiger partial charge in [-0.05, 0) is 74.4 Å². The third-order valence-corrected chi connectivity index (χ3v) is 7.14. The Kier molecular flexibility index (Phi) is 8.83. The van der Waals surface area contributed by atoms with E-state index in [1.807, 2.05) is 55.5 Å². The van der Waals surface area contributed by atoms with Crippen molar-refractivity contribution in [2.45, 2.75) is 40.0 Å². The van der Waals surface area contributed by atoms with Gasteiger partial charge in [-0.15, -0.1) is 0 Å². The Balaban J connectivity index is 1.32. The highest BCUT2D eigenvalue weighted by Crippen LogP contribution is 2.26. The number of hydrogen-bond acceptors (Lipinski definition) is 8. The Labute approximate surface area is 241 Å². The van der Waals surface area contributed by atoms with Gasteiger partial charge >= 0.3 is 0 Å². The molecule has 0 spiro atoms. The summed E-state index contributed by atoms with van der Waals surface area (Å²) in [6.45, 7) is 7.22. The number of nitrogens with zero attached hydrogens (tertiary/aromatic N) is 5. The molecule has 41 heavy (non-hydrogen) atoms. The van der Waals surface area contributed by atoms with Crippen LogP contribution in [0.25, 0.3) is 0 Å². The second kappa shape index (κ2) is 13.0. The van der Waals surface area contributed by atoms with Gasteiger partial charge in [-0.2, -0.15) is 20.1 Å². The fourth-order valence-electron chi connectivity index (χ4n) is 4.86. The molecule has 1 aliphatic rings. The van der Waals surface area contributed by atoms with Crippen molar-refractivity contribution < 1.29 is 4.79 Å². The maximum atomic E-state index is 11.3. The molecular weight excluding hydrogens is 512 g/mol. The molecule has 210 valence electrons. The zero-order valence-electron chi connectivity index (χ0n) is 23.8. The summed E-state index contributed by atoms with van der Waals surface area (Å²) in [7, 11) is 0. The van der Waals surface area contributed by atoms with Crippen LogP contribution in [0, 0.1) is 12.8 Å². The summed E-state index contributed by atoms with van der Waals surface area (Å²) in [6, 6.07) is 26.3. The van der Waals surface area contributed by atoms with Crippen LogP contribution in [-0.2, 0) is 11.2 Å². The quantitative estimate of drug-likeness (QED) is 0.169. The highest BCUT2D eigenvalue weighted by Gasteiger charge is 2.22. The second-order valence-corrected chi connectivity index (χ2v) is 10.5. The van der Waals surface area contributed by atoms with Crippen molar-refractivity contribution in [3.8, 4) is 0 Å². The van der Waals surface area contributed by atoms with Crippen LogP contribution in [0.4, 0.5) is 29.2 Å². The lowest BCUT2D eigenvalue weighted by Crippen LogP contribution is -2.35. The molecule has 0 aliphatic carbocycles. The van der Waals surface area contributed by atoms with E-state index in [0.29, 0.717) is 23.8 Å². The molecule has 1 amide bonds. The maximum Gasteiger partial charge on any atom is 0.250 e. The van der Waals surface area contributed by atoms with Crippen LogP contribution >= 0.6 is 0 Å². The normalized spacial score (nSPS) is 14.0. The number of piperidine rings is 1. The third-order valence-electron chi connectivity index (χ3n) is 7.14. The standard InChI is InChI=1S/C32H36N8O/c1-22-9-13-29(14-10-22)34-30-35-31(39-38-23(2)27-11-15-28(16-12-27)33-24(3)41)37-32(36-30)40-19-17-26(18-20-40)21-25-7-5-4-6-8-25/h4-16,26H,17-21H2,1-3H3,(H,33,41)(H2,34,35,36,37,39). The summed E-state index contributed by atoms with van der Waals surface area (Å²) >= 11 is 0. The Morgan fingerprint density at radius 2 is 1.51 bits per heavy atom. The summed E-state index contributed by atoms with van der Waals surface area (Å²) in [5, 5.41) is 10.6. The summed E-state index contributed by atoms with van der Waals surface area (Å²) < 4.78 is 0. The number of carbonyl (C=O) groups excluding carboxylic acids is 1. The molecule has 1 aromatic heterocycles. The predicted octanol–water partition coefficient (Wildman–Crippen LogP) is 6.18. The number of carbonyl (C=O) groups is 1. The molecule has 9 heteroatoms. The molecular formula is C32H36N8O. The Morgan fingerprint density at radius 1 is 0.854 bits per heavy atom. The zero-order valence-corrected chi connectivity index (χ0v) is 23.8. The predicted molar refractivity (Wildman–Crippen MR) is 166 cm³/mol. The minimum Gasteiger partial charge on any atom is -0.341 e. The minimum atomic E-state index is -0.106. The van der Waals surface area contributed by atoms with Gasteiger partial charge in [0, 0.05) is 31.4 Å². The highest BCUT2D eigenvalue weighted by molar-refractivity contribution is 5.99. The fourth-order valence-corrected chi connectivity index (χ4v) is 4.86. The van der Waals surface area contributed by atoms with E-state index in [0.717, 1.165) is 55.0 Å².